The van der Waals surface area contributed by atoms with Crippen LogP contribution >= 0.6 is 0 Å². The van der Waals surface area contributed by atoms with Crippen molar-refractivity contribution in [3.8, 4) is 0 Å². The van der Waals surface area contributed by atoms with Crippen LogP contribution in [-0.2, 0) is 4.79 Å². The summed E-state index contributed by atoms with van der Waals surface area (Å²) in [5.41, 5.74) is 0.130. The molecule has 0 spiro atoms. The molecule has 0 heterocycles. The summed E-state index contributed by atoms with van der Waals surface area (Å²) in [4.78, 5) is 20.7. The highest BCUT2D eigenvalue weighted by Gasteiger charge is 2.00. The molecule has 14 heavy (non-hydrogen) atoms. The maximum absolute atomic E-state index is 10.6. The summed E-state index contributed by atoms with van der Waals surface area (Å²) in [6.07, 6.45) is 0. The Morgan fingerprint density at radius 3 is 2.43 bits per heavy atom. The smallest absolute Gasteiger partial charge is 0.0736 e. The van der Waals surface area contributed by atoms with E-state index in [0.717, 1.165) is 0 Å². The molecule has 0 bridgehead atoms. The van der Waals surface area contributed by atoms with Gasteiger partial charge in [-0.15, -0.1) is 0 Å². The van der Waals surface area contributed by atoms with E-state index in [1.54, 1.807) is 6.07 Å². The number of anilines is 1. The van der Waals surface area contributed by atoms with E-state index in [2.05, 4.69) is 5.32 Å². The quantitative estimate of drug-likeness (QED) is 0.609. The Hall–Kier alpha value is -2.04. The van der Waals surface area contributed by atoms with Crippen LogP contribution in [0.25, 0.3) is 0 Å². The number of hydrogen-bond donors (Lipinski definition) is 1. The van der Waals surface area contributed by atoms with Gasteiger partial charge in [0.05, 0.1) is 18.5 Å². The SMILES string of the molecule is O=C([O-])CNc1ccccc1C(=O)[O-]. The van der Waals surface area contributed by atoms with Gasteiger partial charge in [-0.1, -0.05) is 18.2 Å². The molecular formula is C9H7NO4-2. The molecule has 0 radical (unpaired) electrons. The Balaban J connectivity index is 2.84. The molecule has 5 heteroatoms. The summed E-state index contributed by atoms with van der Waals surface area (Å²) in [6.45, 7) is -0.440. The zero-order valence-corrected chi connectivity index (χ0v) is 7.15. The highest BCUT2D eigenvalue weighted by Crippen LogP contribution is 2.13. The van der Waals surface area contributed by atoms with Crippen LogP contribution in [0.3, 0.4) is 0 Å². The molecule has 5 nitrogen and oxygen atoms in total. The van der Waals surface area contributed by atoms with Crippen molar-refractivity contribution in [2.45, 2.75) is 0 Å². The van der Waals surface area contributed by atoms with E-state index in [0.29, 0.717) is 0 Å². The molecule has 1 rings (SSSR count). The molecular weight excluding hydrogens is 186 g/mol. The maximum Gasteiger partial charge on any atom is 0.0736 e. The first-order chi connectivity index (χ1) is 6.61. The van der Waals surface area contributed by atoms with Gasteiger partial charge in [-0.3, -0.25) is 0 Å². The van der Waals surface area contributed by atoms with Gasteiger partial charge in [0.1, 0.15) is 0 Å². The van der Waals surface area contributed by atoms with Crippen molar-refractivity contribution in [3.05, 3.63) is 29.8 Å². The lowest BCUT2D eigenvalue weighted by molar-refractivity contribution is -0.302. The Bertz CT molecular complexity index is 362. The van der Waals surface area contributed by atoms with E-state index in [-0.39, 0.29) is 11.3 Å². The monoisotopic (exact) mass is 193 g/mol. The van der Waals surface area contributed by atoms with E-state index in [9.17, 15) is 19.8 Å². The Labute approximate surface area is 80.0 Å². The summed E-state index contributed by atoms with van der Waals surface area (Å²) in [7, 11) is 0. The number of carbonyl (C=O) groups is 2. The Kier molecular flexibility index (Phi) is 3.06. The van der Waals surface area contributed by atoms with Gasteiger partial charge < -0.3 is 25.1 Å². The molecule has 74 valence electrons. The van der Waals surface area contributed by atoms with Crippen molar-refractivity contribution in [2.75, 3.05) is 11.9 Å². The largest absolute Gasteiger partial charge is 0.548 e. The molecule has 0 aliphatic heterocycles. The van der Waals surface area contributed by atoms with Crippen molar-refractivity contribution in [2.24, 2.45) is 0 Å². The molecule has 0 aromatic heterocycles. The predicted octanol–water partition coefficient (Wildman–Crippen LogP) is -1.79. The summed E-state index contributed by atoms with van der Waals surface area (Å²) < 4.78 is 0. The number of para-hydroxylation sites is 1. The second-order valence-electron chi connectivity index (χ2n) is 2.56. The first-order valence-corrected chi connectivity index (χ1v) is 3.85. The van der Waals surface area contributed by atoms with Crippen LogP contribution in [0.1, 0.15) is 10.4 Å². The molecule has 1 aromatic carbocycles. The van der Waals surface area contributed by atoms with Gasteiger partial charge in [-0.2, -0.15) is 0 Å². The lowest BCUT2D eigenvalue weighted by Gasteiger charge is -2.12. The highest BCUT2D eigenvalue weighted by molar-refractivity contribution is 5.93. The number of aromatic carboxylic acids is 1. The average Bonchev–Trinajstić information content (AvgIpc) is 2.15. The summed E-state index contributed by atoms with van der Waals surface area (Å²) in [6, 6.07) is 5.89. The van der Waals surface area contributed by atoms with Crippen LogP contribution in [0.5, 0.6) is 0 Å². The van der Waals surface area contributed by atoms with Gasteiger partial charge in [0.2, 0.25) is 0 Å². The van der Waals surface area contributed by atoms with Gasteiger partial charge in [-0.05, 0) is 6.07 Å². The van der Waals surface area contributed by atoms with Crippen molar-refractivity contribution >= 4 is 17.6 Å². The van der Waals surface area contributed by atoms with E-state index < -0.39 is 18.5 Å². The minimum Gasteiger partial charge on any atom is -0.548 e. The minimum absolute atomic E-state index is 0.0752. The first kappa shape index (κ1) is 10.0. The van der Waals surface area contributed by atoms with Gasteiger partial charge in [0.15, 0.2) is 0 Å². The third-order valence-corrected chi connectivity index (χ3v) is 1.57. The second kappa shape index (κ2) is 4.27. The number of carbonyl (C=O) groups excluding carboxylic acids is 2. The summed E-state index contributed by atoms with van der Waals surface area (Å²) in [5, 5.41) is 23.1. The molecule has 0 saturated heterocycles. The van der Waals surface area contributed by atoms with Crippen LogP contribution in [0.15, 0.2) is 24.3 Å². The fraction of sp³-hybridized carbons (Fsp3) is 0.111. The molecule has 0 aliphatic rings. The van der Waals surface area contributed by atoms with Crippen LogP contribution < -0.4 is 15.5 Å². The zero-order valence-electron chi connectivity index (χ0n) is 7.15. The van der Waals surface area contributed by atoms with Crippen molar-refractivity contribution in [3.63, 3.8) is 0 Å². The van der Waals surface area contributed by atoms with Gasteiger partial charge in [-0.25, -0.2) is 0 Å². The van der Waals surface area contributed by atoms with E-state index in [1.165, 1.54) is 18.2 Å². The Morgan fingerprint density at radius 1 is 1.21 bits per heavy atom. The highest BCUT2D eigenvalue weighted by atomic mass is 16.4. The normalized spacial score (nSPS) is 9.43. The van der Waals surface area contributed by atoms with E-state index in [1.807, 2.05) is 0 Å². The summed E-state index contributed by atoms with van der Waals surface area (Å²) >= 11 is 0. The molecule has 0 unspecified atom stereocenters. The fourth-order valence-electron chi connectivity index (χ4n) is 0.983. The predicted molar refractivity (Wildman–Crippen MR) is 44.3 cm³/mol. The third-order valence-electron chi connectivity index (χ3n) is 1.57. The zero-order chi connectivity index (χ0) is 10.6. The molecule has 0 fully saturated rings. The molecule has 1 aromatic rings. The van der Waals surface area contributed by atoms with Crippen molar-refractivity contribution < 1.29 is 19.8 Å². The molecule has 0 aliphatic carbocycles. The number of carboxylic acid groups (broad SMARTS) is 2. The topological polar surface area (TPSA) is 92.3 Å². The third kappa shape index (κ3) is 2.48. The number of hydrogen-bond acceptors (Lipinski definition) is 5. The van der Waals surface area contributed by atoms with Crippen LogP contribution in [0.4, 0.5) is 5.69 Å². The number of aliphatic carboxylic acids is 1. The minimum atomic E-state index is -1.36. The molecule has 1 N–H and O–H groups in total. The number of nitrogens with one attached hydrogen (secondary N) is 1. The van der Waals surface area contributed by atoms with Crippen LogP contribution in [0, 0.1) is 0 Å². The number of rotatable bonds is 4. The average molecular weight is 193 g/mol. The van der Waals surface area contributed by atoms with Crippen molar-refractivity contribution in [1.29, 1.82) is 0 Å². The summed E-state index contributed by atoms with van der Waals surface area (Å²) in [5.74, 6) is -2.66. The number of carboxylic acids is 2. The molecule has 0 atom stereocenters. The van der Waals surface area contributed by atoms with Gasteiger partial charge >= 0.3 is 0 Å². The van der Waals surface area contributed by atoms with Crippen molar-refractivity contribution in [1.82, 2.24) is 0 Å². The lowest BCUT2D eigenvalue weighted by atomic mass is 10.2. The van der Waals surface area contributed by atoms with Gasteiger partial charge in [0, 0.05) is 11.3 Å². The Morgan fingerprint density at radius 2 is 1.86 bits per heavy atom. The second-order valence-corrected chi connectivity index (χ2v) is 2.56. The van der Waals surface area contributed by atoms with Crippen LogP contribution in [0.2, 0.25) is 0 Å². The fourth-order valence-corrected chi connectivity index (χ4v) is 0.983. The standard InChI is InChI=1S/C9H9NO4/c11-8(12)5-10-7-4-2-1-3-6(7)9(13)14/h1-4,10H,5H2,(H,11,12)(H,13,14)/p-2. The van der Waals surface area contributed by atoms with Crippen LogP contribution in [-0.4, -0.2) is 18.5 Å². The molecule has 0 amide bonds. The number of benzene rings is 1. The lowest BCUT2D eigenvalue weighted by Crippen LogP contribution is -2.31. The molecule has 0 saturated carbocycles. The van der Waals surface area contributed by atoms with Gasteiger partial charge in [0.25, 0.3) is 0 Å². The van der Waals surface area contributed by atoms with E-state index >= 15 is 0 Å². The first-order valence-electron chi connectivity index (χ1n) is 3.85. The maximum atomic E-state index is 10.6. The van der Waals surface area contributed by atoms with E-state index in [4.69, 9.17) is 0 Å².